The molecule has 1 aromatic rings. The molecule has 1 nitrogen and oxygen atoms in total. The fraction of sp³-hybridized carbons (Fsp3) is 0.455. The Hall–Kier alpha value is -0.540. The average molecular weight is 213 g/mol. The number of alkyl halides is 1. The molecule has 78 valence electrons. The topological polar surface area (TPSA) is 12.0 Å². The van der Waals surface area contributed by atoms with Crippen LogP contribution in [0.5, 0.6) is 0 Å². The van der Waals surface area contributed by atoms with Crippen LogP contribution in [0.2, 0.25) is 0 Å². The molecular formula is C11H16FNS. The van der Waals surface area contributed by atoms with Crippen molar-refractivity contribution in [2.45, 2.75) is 11.3 Å². The van der Waals surface area contributed by atoms with Crippen LogP contribution in [0.1, 0.15) is 5.56 Å². The molecule has 1 N–H and O–H groups in total. The molecule has 0 saturated carbocycles. The zero-order valence-corrected chi connectivity index (χ0v) is 9.24. The van der Waals surface area contributed by atoms with Crippen molar-refractivity contribution in [1.82, 2.24) is 5.32 Å². The second-order valence-electron chi connectivity index (χ2n) is 3.04. The van der Waals surface area contributed by atoms with E-state index in [0.29, 0.717) is 5.75 Å². The summed E-state index contributed by atoms with van der Waals surface area (Å²) in [6.07, 6.45) is 1.03. The third-order valence-electron chi connectivity index (χ3n) is 1.91. The molecular weight excluding hydrogens is 197 g/mol. The second-order valence-corrected chi connectivity index (χ2v) is 4.21. The Balaban J connectivity index is 2.50. The fourth-order valence-electron chi connectivity index (χ4n) is 1.22. The van der Waals surface area contributed by atoms with Gasteiger partial charge in [0.2, 0.25) is 0 Å². The van der Waals surface area contributed by atoms with Crippen molar-refractivity contribution in [3.8, 4) is 0 Å². The normalized spacial score (nSPS) is 10.4. The van der Waals surface area contributed by atoms with Crippen LogP contribution in [-0.2, 0) is 6.42 Å². The summed E-state index contributed by atoms with van der Waals surface area (Å²) in [6, 6.07) is 8.31. The lowest BCUT2D eigenvalue weighted by Crippen LogP contribution is -2.10. The van der Waals surface area contributed by atoms with Gasteiger partial charge in [0.1, 0.15) is 0 Å². The quantitative estimate of drug-likeness (QED) is 0.729. The highest BCUT2D eigenvalue weighted by Crippen LogP contribution is 2.19. The van der Waals surface area contributed by atoms with Gasteiger partial charge in [-0.2, -0.15) is 0 Å². The Kier molecular flexibility index (Phi) is 5.64. The Morgan fingerprint density at radius 2 is 2.29 bits per heavy atom. The molecule has 0 amide bonds. The zero-order chi connectivity index (χ0) is 10.2. The summed E-state index contributed by atoms with van der Waals surface area (Å²) in [5, 5.41) is 3.11. The van der Waals surface area contributed by atoms with E-state index in [2.05, 4.69) is 17.4 Å². The zero-order valence-electron chi connectivity index (χ0n) is 8.42. The van der Waals surface area contributed by atoms with Crippen LogP contribution < -0.4 is 5.32 Å². The summed E-state index contributed by atoms with van der Waals surface area (Å²) >= 11 is 1.57. The van der Waals surface area contributed by atoms with Gasteiger partial charge in [-0.15, -0.1) is 11.8 Å². The highest BCUT2D eigenvalue weighted by atomic mass is 32.2. The van der Waals surface area contributed by atoms with Crippen LogP contribution in [0.3, 0.4) is 0 Å². The van der Waals surface area contributed by atoms with E-state index in [-0.39, 0.29) is 6.67 Å². The molecule has 0 spiro atoms. The lowest BCUT2D eigenvalue weighted by Gasteiger charge is -2.03. The maximum atomic E-state index is 12.0. The van der Waals surface area contributed by atoms with Crippen molar-refractivity contribution in [1.29, 1.82) is 0 Å². The van der Waals surface area contributed by atoms with E-state index in [1.807, 2.05) is 19.2 Å². The van der Waals surface area contributed by atoms with E-state index < -0.39 is 0 Å². The van der Waals surface area contributed by atoms with Gasteiger partial charge >= 0.3 is 0 Å². The molecule has 14 heavy (non-hydrogen) atoms. The Labute approximate surface area is 89.1 Å². The molecule has 0 aliphatic rings. The lowest BCUT2D eigenvalue weighted by atomic mass is 10.1. The minimum Gasteiger partial charge on any atom is -0.319 e. The monoisotopic (exact) mass is 213 g/mol. The molecule has 0 aliphatic heterocycles. The van der Waals surface area contributed by atoms with Gasteiger partial charge in [0.25, 0.3) is 0 Å². The van der Waals surface area contributed by atoms with Crippen LogP contribution in [0.15, 0.2) is 29.2 Å². The number of nitrogens with one attached hydrogen (secondary N) is 1. The number of hydrogen-bond donors (Lipinski definition) is 1. The van der Waals surface area contributed by atoms with E-state index >= 15 is 0 Å². The van der Waals surface area contributed by atoms with Gasteiger partial charge in [-0.05, 0) is 37.7 Å². The molecule has 0 saturated heterocycles. The van der Waals surface area contributed by atoms with Gasteiger partial charge in [0.15, 0.2) is 0 Å². The van der Waals surface area contributed by atoms with Crippen molar-refractivity contribution in [3.63, 3.8) is 0 Å². The standard InChI is InChI=1S/C11H16FNS/c1-13-7-5-10-3-2-4-11(9-10)14-8-6-12/h2-4,9,13H,5-8H2,1H3. The summed E-state index contributed by atoms with van der Waals surface area (Å²) < 4.78 is 12.0. The first-order valence-corrected chi connectivity index (χ1v) is 5.77. The predicted molar refractivity (Wildman–Crippen MR) is 60.8 cm³/mol. The molecule has 0 atom stereocenters. The number of rotatable bonds is 6. The minimum absolute atomic E-state index is 0.259. The van der Waals surface area contributed by atoms with Crippen molar-refractivity contribution in [3.05, 3.63) is 29.8 Å². The molecule has 0 aromatic heterocycles. The summed E-state index contributed by atoms with van der Waals surface area (Å²) in [4.78, 5) is 1.16. The lowest BCUT2D eigenvalue weighted by molar-refractivity contribution is 0.533. The summed E-state index contributed by atoms with van der Waals surface area (Å²) in [5.41, 5.74) is 1.31. The second kappa shape index (κ2) is 6.85. The number of benzene rings is 1. The van der Waals surface area contributed by atoms with Crippen LogP contribution in [0, 0.1) is 0 Å². The number of thioether (sulfide) groups is 1. The molecule has 1 aromatic carbocycles. The van der Waals surface area contributed by atoms with Gasteiger partial charge < -0.3 is 5.32 Å². The third-order valence-corrected chi connectivity index (χ3v) is 2.85. The smallest absolute Gasteiger partial charge is 0.0988 e. The molecule has 3 heteroatoms. The van der Waals surface area contributed by atoms with Gasteiger partial charge in [-0.3, -0.25) is 4.39 Å². The van der Waals surface area contributed by atoms with Crippen LogP contribution in [0.4, 0.5) is 4.39 Å². The van der Waals surface area contributed by atoms with E-state index in [4.69, 9.17) is 0 Å². The maximum absolute atomic E-state index is 12.0. The highest BCUT2D eigenvalue weighted by molar-refractivity contribution is 7.99. The average Bonchev–Trinajstić information content (AvgIpc) is 2.24. The molecule has 0 unspecified atom stereocenters. The molecule has 0 heterocycles. The first-order valence-electron chi connectivity index (χ1n) is 4.79. The summed E-state index contributed by atoms with van der Waals surface area (Å²) in [7, 11) is 1.95. The largest absolute Gasteiger partial charge is 0.319 e. The summed E-state index contributed by atoms with van der Waals surface area (Å²) in [6.45, 7) is 0.725. The van der Waals surface area contributed by atoms with Gasteiger partial charge in [0.05, 0.1) is 6.67 Å². The van der Waals surface area contributed by atoms with Crippen molar-refractivity contribution in [2.75, 3.05) is 26.0 Å². The van der Waals surface area contributed by atoms with E-state index in [0.717, 1.165) is 17.9 Å². The molecule has 0 bridgehead atoms. The number of hydrogen-bond acceptors (Lipinski definition) is 2. The maximum Gasteiger partial charge on any atom is 0.0988 e. The van der Waals surface area contributed by atoms with E-state index in [9.17, 15) is 4.39 Å². The van der Waals surface area contributed by atoms with E-state index in [1.54, 1.807) is 11.8 Å². The van der Waals surface area contributed by atoms with Crippen LogP contribution in [-0.4, -0.2) is 26.0 Å². The van der Waals surface area contributed by atoms with E-state index in [1.165, 1.54) is 5.56 Å². The van der Waals surface area contributed by atoms with Gasteiger partial charge in [-0.1, -0.05) is 12.1 Å². The van der Waals surface area contributed by atoms with Crippen LogP contribution >= 0.6 is 11.8 Å². The van der Waals surface area contributed by atoms with Crippen molar-refractivity contribution in [2.24, 2.45) is 0 Å². The number of likely N-dealkylation sites (N-methyl/N-ethyl adjacent to an activating group) is 1. The van der Waals surface area contributed by atoms with Crippen molar-refractivity contribution < 1.29 is 4.39 Å². The molecule has 0 fully saturated rings. The minimum atomic E-state index is -0.259. The van der Waals surface area contributed by atoms with Gasteiger partial charge in [0, 0.05) is 10.6 Å². The predicted octanol–water partition coefficient (Wildman–Crippen LogP) is 2.51. The van der Waals surface area contributed by atoms with Crippen molar-refractivity contribution >= 4 is 11.8 Å². The van der Waals surface area contributed by atoms with Gasteiger partial charge in [-0.25, -0.2) is 0 Å². The Morgan fingerprint density at radius 1 is 1.43 bits per heavy atom. The highest BCUT2D eigenvalue weighted by Gasteiger charge is 1.96. The third kappa shape index (κ3) is 4.11. The first kappa shape index (κ1) is 11.5. The summed E-state index contributed by atoms with van der Waals surface area (Å²) in [5.74, 6) is 0.551. The first-order chi connectivity index (χ1) is 6.86. The number of halogens is 1. The SMILES string of the molecule is CNCCc1cccc(SCCF)c1. The Bertz CT molecular complexity index is 242. The molecule has 1 rings (SSSR count). The Morgan fingerprint density at radius 3 is 3.00 bits per heavy atom. The fourth-order valence-corrected chi connectivity index (χ4v) is 1.94. The molecule has 0 aliphatic carbocycles. The molecule has 0 radical (unpaired) electrons. The van der Waals surface area contributed by atoms with Crippen LogP contribution in [0.25, 0.3) is 0 Å².